The average Bonchev–Trinajstić information content (AvgIpc) is 2.23. The number of nitrogens with zero attached hydrogens (tertiary/aromatic N) is 2. The molecule has 2 N–H and O–H groups in total. The third-order valence-corrected chi connectivity index (χ3v) is 2.30. The van der Waals surface area contributed by atoms with Crippen molar-refractivity contribution < 1.29 is 9.53 Å². The minimum absolute atomic E-state index is 0.0636. The summed E-state index contributed by atoms with van der Waals surface area (Å²) in [6, 6.07) is 1.88. The second-order valence-electron chi connectivity index (χ2n) is 3.29. The van der Waals surface area contributed by atoms with E-state index in [1.54, 1.807) is 20.8 Å². The summed E-state index contributed by atoms with van der Waals surface area (Å²) in [5.41, 5.74) is 7.15. The van der Waals surface area contributed by atoms with E-state index in [1.807, 2.05) is 6.07 Å². The molecule has 0 atom stereocenters. The maximum atomic E-state index is 11.7. The monoisotopic (exact) mass is 219 g/mol. The summed E-state index contributed by atoms with van der Waals surface area (Å²) in [5, 5.41) is 8.95. The molecule has 0 unspecified atom stereocenters. The predicted molar refractivity (Wildman–Crippen MR) is 58.8 cm³/mol. The fraction of sp³-hybridized carbons (Fsp3) is 0.364. The molecule has 0 saturated carbocycles. The van der Waals surface area contributed by atoms with E-state index < -0.39 is 5.97 Å². The van der Waals surface area contributed by atoms with Gasteiger partial charge in [-0.3, -0.25) is 0 Å². The van der Waals surface area contributed by atoms with Crippen LogP contribution in [0.2, 0.25) is 0 Å². The Labute approximate surface area is 93.8 Å². The van der Waals surface area contributed by atoms with Gasteiger partial charge in [-0.25, -0.2) is 9.78 Å². The SMILES string of the molecule is CCOC(=O)c1c(C)c(C)nc(N)c1C#N. The lowest BCUT2D eigenvalue weighted by molar-refractivity contribution is 0.0525. The van der Waals surface area contributed by atoms with Crippen molar-refractivity contribution in [2.24, 2.45) is 0 Å². The van der Waals surface area contributed by atoms with E-state index in [9.17, 15) is 4.79 Å². The van der Waals surface area contributed by atoms with Gasteiger partial charge in [-0.1, -0.05) is 0 Å². The molecule has 0 amide bonds. The summed E-state index contributed by atoms with van der Waals surface area (Å²) in [6.45, 7) is 5.41. The summed E-state index contributed by atoms with van der Waals surface area (Å²) in [4.78, 5) is 15.7. The van der Waals surface area contributed by atoms with Crippen LogP contribution in [-0.4, -0.2) is 17.6 Å². The largest absolute Gasteiger partial charge is 0.462 e. The van der Waals surface area contributed by atoms with Crippen LogP contribution in [0, 0.1) is 25.2 Å². The first kappa shape index (κ1) is 12.0. The molecule has 5 heteroatoms. The Balaban J connectivity index is 3.46. The van der Waals surface area contributed by atoms with Gasteiger partial charge >= 0.3 is 5.97 Å². The standard InChI is InChI=1S/C11H13N3O2/c1-4-16-11(15)9-6(2)7(3)14-10(13)8(9)5-12/h4H2,1-3H3,(H2,13,14). The number of ether oxygens (including phenoxy) is 1. The Kier molecular flexibility index (Phi) is 3.46. The highest BCUT2D eigenvalue weighted by molar-refractivity contribution is 5.95. The number of nitrogen functional groups attached to an aromatic ring is 1. The molecule has 0 spiro atoms. The fourth-order valence-electron chi connectivity index (χ4n) is 1.39. The molecule has 0 aliphatic carbocycles. The van der Waals surface area contributed by atoms with E-state index in [1.165, 1.54) is 0 Å². The molecule has 1 aromatic heterocycles. The molecule has 0 aromatic carbocycles. The number of aromatic nitrogens is 1. The van der Waals surface area contributed by atoms with E-state index in [0.29, 0.717) is 11.3 Å². The summed E-state index contributed by atoms with van der Waals surface area (Å²) in [7, 11) is 0. The maximum absolute atomic E-state index is 11.7. The van der Waals surface area contributed by atoms with E-state index in [0.717, 1.165) is 0 Å². The zero-order valence-electron chi connectivity index (χ0n) is 9.50. The van der Waals surface area contributed by atoms with E-state index >= 15 is 0 Å². The van der Waals surface area contributed by atoms with Crippen LogP contribution in [0.25, 0.3) is 0 Å². The van der Waals surface area contributed by atoms with Crippen LogP contribution in [0.4, 0.5) is 5.82 Å². The zero-order valence-corrected chi connectivity index (χ0v) is 9.50. The number of carbonyl (C=O) groups excluding carboxylic acids is 1. The van der Waals surface area contributed by atoms with Crippen molar-refractivity contribution in [2.45, 2.75) is 20.8 Å². The molecule has 84 valence electrons. The molecular formula is C11H13N3O2. The molecule has 1 aromatic rings. The highest BCUT2D eigenvalue weighted by Gasteiger charge is 2.20. The first-order valence-electron chi connectivity index (χ1n) is 4.86. The summed E-state index contributed by atoms with van der Waals surface area (Å²) in [5.74, 6) is -0.470. The quantitative estimate of drug-likeness (QED) is 0.758. The van der Waals surface area contributed by atoms with Crippen LogP contribution in [0.3, 0.4) is 0 Å². The lowest BCUT2D eigenvalue weighted by Gasteiger charge is -2.10. The number of anilines is 1. The number of esters is 1. The summed E-state index contributed by atoms with van der Waals surface area (Å²) in [6.07, 6.45) is 0. The van der Waals surface area contributed by atoms with Gasteiger partial charge < -0.3 is 10.5 Å². The van der Waals surface area contributed by atoms with Crippen molar-refractivity contribution in [3.05, 3.63) is 22.4 Å². The van der Waals surface area contributed by atoms with Crippen LogP contribution in [0.1, 0.15) is 34.1 Å². The van der Waals surface area contributed by atoms with Gasteiger partial charge in [-0.05, 0) is 26.3 Å². The first-order chi connectivity index (χ1) is 7.52. The Morgan fingerprint density at radius 2 is 2.19 bits per heavy atom. The fourth-order valence-corrected chi connectivity index (χ4v) is 1.39. The lowest BCUT2D eigenvalue weighted by atomic mass is 10.0. The van der Waals surface area contributed by atoms with Gasteiger partial charge in [0.1, 0.15) is 17.5 Å². The minimum atomic E-state index is -0.534. The van der Waals surface area contributed by atoms with Gasteiger partial charge in [-0.2, -0.15) is 5.26 Å². The van der Waals surface area contributed by atoms with E-state index in [2.05, 4.69) is 4.98 Å². The molecule has 5 nitrogen and oxygen atoms in total. The topological polar surface area (TPSA) is 89.0 Å². The molecule has 16 heavy (non-hydrogen) atoms. The third kappa shape index (κ3) is 1.96. The number of pyridine rings is 1. The maximum Gasteiger partial charge on any atom is 0.339 e. The number of hydrogen-bond acceptors (Lipinski definition) is 5. The van der Waals surface area contributed by atoms with Crippen LogP contribution in [0.15, 0.2) is 0 Å². The predicted octanol–water partition coefficient (Wildman–Crippen LogP) is 1.33. The van der Waals surface area contributed by atoms with Crippen LogP contribution < -0.4 is 5.73 Å². The first-order valence-corrected chi connectivity index (χ1v) is 4.86. The van der Waals surface area contributed by atoms with Crippen molar-refractivity contribution in [3.63, 3.8) is 0 Å². The highest BCUT2D eigenvalue weighted by atomic mass is 16.5. The summed E-state index contributed by atoms with van der Waals surface area (Å²) < 4.78 is 4.89. The van der Waals surface area contributed by atoms with E-state index in [4.69, 9.17) is 15.7 Å². The number of rotatable bonds is 2. The lowest BCUT2D eigenvalue weighted by Crippen LogP contribution is -2.13. The van der Waals surface area contributed by atoms with Crippen LogP contribution >= 0.6 is 0 Å². The Hall–Kier alpha value is -2.09. The second kappa shape index (κ2) is 4.62. The second-order valence-corrected chi connectivity index (χ2v) is 3.29. The number of hydrogen-bond donors (Lipinski definition) is 1. The van der Waals surface area contributed by atoms with Gasteiger partial charge in [-0.15, -0.1) is 0 Å². The number of carbonyl (C=O) groups is 1. The molecule has 0 aliphatic heterocycles. The summed E-state index contributed by atoms with van der Waals surface area (Å²) >= 11 is 0. The van der Waals surface area contributed by atoms with Gasteiger partial charge in [0.2, 0.25) is 0 Å². The molecule has 0 fully saturated rings. The van der Waals surface area contributed by atoms with Crippen LogP contribution in [-0.2, 0) is 4.74 Å². The average molecular weight is 219 g/mol. The van der Waals surface area contributed by atoms with Crippen molar-refractivity contribution in [3.8, 4) is 6.07 Å². The normalized spacial score (nSPS) is 9.62. The van der Waals surface area contributed by atoms with Gasteiger partial charge in [0, 0.05) is 5.69 Å². The number of aryl methyl sites for hydroxylation is 1. The molecule has 0 radical (unpaired) electrons. The van der Waals surface area contributed by atoms with E-state index in [-0.39, 0.29) is 23.6 Å². The molecule has 0 aliphatic rings. The zero-order chi connectivity index (χ0) is 12.3. The van der Waals surface area contributed by atoms with Gasteiger partial charge in [0.25, 0.3) is 0 Å². The molecular weight excluding hydrogens is 206 g/mol. The minimum Gasteiger partial charge on any atom is -0.462 e. The highest BCUT2D eigenvalue weighted by Crippen LogP contribution is 2.21. The van der Waals surface area contributed by atoms with Crippen molar-refractivity contribution in [1.82, 2.24) is 4.98 Å². The van der Waals surface area contributed by atoms with Gasteiger partial charge in [0.15, 0.2) is 0 Å². The van der Waals surface area contributed by atoms with Crippen molar-refractivity contribution in [2.75, 3.05) is 12.3 Å². The molecule has 1 heterocycles. The Morgan fingerprint density at radius 1 is 1.56 bits per heavy atom. The van der Waals surface area contributed by atoms with Crippen molar-refractivity contribution in [1.29, 1.82) is 5.26 Å². The molecule has 0 saturated heterocycles. The Morgan fingerprint density at radius 3 is 2.69 bits per heavy atom. The number of nitrogens with two attached hydrogens (primary N) is 1. The van der Waals surface area contributed by atoms with Crippen LogP contribution in [0.5, 0.6) is 0 Å². The van der Waals surface area contributed by atoms with Gasteiger partial charge in [0.05, 0.1) is 12.2 Å². The number of nitriles is 1. The smallest absolute Gasteiger partial charge is 0.339 e. The Bertz CT molecular complexity index is 475. The van der Waals surface area contributed by atoms with Crippen molar-refractivity contribution >= 4 is 11.8 Å². The third-order valence-electron chi connectivity index (χ3n) is 2.30. The molecule has 0 bridgehead atoms. The molecule has 1 rings (SSSR count).